The van der Waals surface area contributed by atoms with Gasteiger partial charge in [-0.15, -0.1) is 0 Å². The van der Waals surface area contributed by atoms with E-state index in [9.17, 15) is 9.90 Å². The molecule has 24 heavy (non-hydrogen) atoms. The maximum absolute atomic E-state index is 12.6. The third-order valence-corrected chi connectivity index (χ3v) is 4.95. The standard InChI is InChI=1S/C19H23NO4/c1-2-19(14-21)10-12-20(13-11-19)18(22)16-8-9-17(24-16)23-15-6-4-3-5-7-15/h3-9,21H,2,10-14H2,1H3. The predicted octanol–water partition coefficient (Wildman–Crippen LogP) is 3.70. The first-order valence-electron chi connectivity index (χ1n) is 8.39. The zero-order chi connectivity index (χ0) is 17.0. The number of likely N-dealkylation sites (tertiary alicyclic amines) is 1. The Labute approximate surface area is 141 Å². The van der Waals surface area contributed by atoms with Crippen molar-refractivity contribution < 1.29 is 19.1 Å². The molecule has 0 radical (unpaired) electrons. The van der Waals surface area contributed by atoms with E-state index in [0.29, 0.717) is 24.8 Å². The van der Waals surface area contributed by atoms with Crippen molar-refractivity contribution in [3.8, 4) is 11.7 Å². The quantitative estimate of drug-likeness (QED) is 0.908. The number of carbonyl (C=O) groups excluding carboxylic acids is 1. The van der Waals surface area contributed by atoms with Gasteiger partial charge in [-0.2, -0.15) is 0 Å². The van der Waals surface area contributed by atoms with Crippen molar-refractivity contribution in [3.63, 3.8) is 0 Å². The number of carbonyl (C=O) groups is 1. The van der Waals surface area contributed by atoms with Crippen LogP contribution in [0.5, 0.6) is 11.7 Å². The molecule has 1 aliphatic heterocycles. The van der Waals surface area contributed by atoms with Crippen LogP contribution in [0.4, 0.5) is 0 Å². The van der Waals surface area contributed by atoms with Gasteiger partial charge in [0.2, 0.25) is 0 Å². The first-order valence-corrected chi connectivity index (χ1v) is 8.39. The summed E-state index contributed by atoms with van der Waals surface area (Å²) < 4.78 is 11.1. The number of para-hydroxylation sites is 1. The average Bonchev–Trinajstić information content (AvgIpc) is 3.10. The molecular weight excluding hydrogens is 306 g/mol. The van der Waals surface area contributed by atoms with E-state index in [2.05, 4.69) is 6.92 Å². The molecule has 2 aromatic rings. The molecule has 1 aromatic heterocycles. The van der Waals surface area contributed by atoms with Crippen molar-refractivity contribution in [1.82, 2.24) is 4.90 Å². The molecule has 0 bridgehead atoms. The summed E-state index contributed by atoms with van der Waals surface area (Å²) in [5.41, 5.74) is -0.0402. The molecule has 0 atom stereocenters. The highest BCUT2D eigenvalue weighted by atomic mass is 16.6. The lowest BCUT2D eigenvalue weighted by molar-refractivity contribution is 0.0318. The minimum Gasteiger partial charge on any atom is -0.426 e. The minimum atomic E-state index is -0.124. The minimum absolute atomic E-state index is 0.0402. The average molecular weight is 329 g/mol. The SMILES string of the molecule is CCC1(CO)CCN(C(=O)c2ccc(Oc3ccccc3)o2)CC1. The zero-order valence-corrected chi connectivity index (χ0v) is 13.9. The van der Waals surface area contributed by atoms with Gasteiger partial charge in [0.05, 0.1) is 0 Å². The van der Waals surface area contributed by atoms with Gasteiger partial charge in [0.1, 0.15) is 5.75 Å². The van der Waals surface area contributed by atoms with E-state index in [0.717, 1.165) is 19.3 Å². The molecule has 2 heterocycles. The van der Waals surface area contributed by atoms with Crippen molar-refractivity contribution in [2.75, 3.05) is 19.7 Å². The number of piperidine rings is 1. The molecule has 0 saturated carbocycles. The van der Waals surface area contributed by atoms with Crippen LogP contribution in [0.1, 0.15) is 36.7 Å². The third kappa shape index (κ3) is 3.46. The molecule has 1 fully saturated rings. The van der Waals surface area contributed by atoms with Gasteiger partial charge in [0.15, 0.2) is 5.76 Å². The van der Waals surface area contributed by atoms with Gasteiger partial charge < -0.3 is 19.2 Å². The fourth-order valence-electron chi connectivity index (χ4n) is 3.06. The Kier molecular flexibility index (Phi) is 4.90. The highest BCUT2D eigenvalue weighted by Crippen LogP contribution is 2.35. The molecule has 5 nitrogen and oxygen atoms in total. The number of rotatable bonds is 5. The number of hydrogen-bond acceptors (Lipinski definition) is 4. The number of amides is 1. The molecule has 1 aliphatic rings. The predicted molar refractivity (Wildman–Crippen MR) is 90.2 cm³/mol. The van der Waals surface area contributed by atoms with Gasteiger partial charge in [-0.25, -0.2) is 0 Å². The lowest BCUT2D eigenvalue weighted by Crippen LogP contribution is -2.44. The molecule has 3 rings (SSSR count). The number of hydrogen-bond donors (Lipinski definition) is 1. The number of aliphatic hydroxyl groups excluding tert-OH is 1. The van der Waals surface area contributed by atoms with Crippen molar-refractivity contribution >= 4 is 5.91 Å². The van der Waals surface area contributed by atoms with Crippen LogP contribution in [-0.4, -0.2) is 35.6 Å². The van der Waals surface area contributed by atoms with E-state index < -0.39 is 0 Å². The summed E-state index contributed by atoms with van der Waals surface area (Å²) >= 11 is 0. The van der Waals surface area contributed by atoms with E-state index in [4.69, 9.17) is 9.15 Å². The molecule has 1 aromatic carbocycles. The fraction of sp³-hybridized carbons (Fsp3) is 0.421. The molecule has 1 amide bonds. The Morgan fingerprint density at radius 1 is 1.21 bits per heavy atom. The Balaban J connectivity index is 1.62. The van der Waals surface area contributed by atoms with Crippen molar-refractivity contribution in [3.05, 3.63) is 48.2 Å². The monoisotopic (exact) mass is 329 g/mol. The molecular formula is C19H23NO4. The second kappa shape index (κ2) is 7.09. The zero-order valence-electron chi connectivity index (χ0n) is 13.9. The number of furan rings is 1. The molecule has 1 saturated heterocycles. The second-order valence-corrected chi connectivity index (χ2v) is 6.34. The summed E-state index contributed by atoms with van der Waals surface area (Å²) in [5, 5.41) is 9.59. The van der Waals surface area contributed by atoms with Gasteiger partial charge in [-0.3, -0.25) is 4.79 Å². The number of benzene rings is 1. The summed E-state index contributed by atoms with van der Waals surface area (Å²) in [4.78, 5) is 14.4. The Hall–Kier alpha value is -2.27. The molecule has 5 heteroatoms. The van der Waals surface area contributed by atoms with Crippen LogP contribution in [0, 0.1) is 5.41 Å². The molecule has 0 unspecified atom stereocenters. The van der Waals surface area contributed by atoms with Crippen LogP contribution in [-0.2, 0) is 0 Å². The largest absolute Gasteiger partial charge is 0.426 e. The van der Waals surface area contributed by atoms with Gasteiger partial charge >= 0.3 is 0 Å². The topological polar surface area (TPSA) is 62.9 Å². The first-order chi connectivity index (χ1) is 11.7. The number of nitrogens with zero attached hydrogens (tertiary/aromatic N) is 1. The van der Waals surface area contributed by atoms with Crippen LogP contribution < -0.4 is 4.74 Å². The molecule has 128 valence electrons. The maximum atomic E-state index is 12.6. The van der Waals surface area contributed by atoms with Gasteiger partial charge in [0.25, 0.3) is 11.9 Å². The third-order valence-electron chi connectivity index (χ3n) is 4.95. The highest BCUT2D eigenvalue weighted by molar-refractivity contribution is 5.91. The van der Waals surface area contributed by atoms with Crippen molar-refractivity contribution in [1.29, 1.82) is 0 Å². The van der Waals surface area contributed by atoms with Gasteiger partial charge in [-0.1, -0.05) is 25.1 Å². The highest BCUT2D eigenvalue weighted by Gasteiger charge is 2.34. The maximum Gasteiger partial charge on any atom is 0.290 e. The Morgan fingerprint density at radius 2 is 1.92 bits per heavy atom. The number of ether oxygens (including phenoxy) is 1. The summed E-state index contributed by atoms with van der Waals surface area (Å²) in [7, 11) is 0. The van der Waals surface area contributed by atoms with E-state index in [1.165, 1.54) is 0 Å². The summed E-state index contributed by atoms with van der Waals surface area (Å²) in [6, 6.07) is 12.6. The van der Waals surface area contributed by atoms with Crippen LogP contribution in [0.25, 0.3) is 0 Å². The Morgan fingerprint density at radius 3 is 2.54 bits per heavy atom. The number of aliphatic hydroxyl groups is 1. The molecule has 0 spiro atoms. The lowest BCUT2D eigenvalue weighted by Gasteiger charge is -2.39. The summed E-state index contributed by atoms with van der Waals surface area (Å²) in [5.74, 6) is 1.13. The van der Waals surface area contributed by atoms with E-state index in [1.807, 2.05) is 30.3 Å². The van der Waals surface area contributed by atoms with Gasteiger partial charge in [0, 0.05) is 25.8 Å². The smallest absolute Gasteiger partial charge is 0.290 e. The summed E-state index contributed by atoms with van der Waals surface area (Å²) in [6.07, 6.45) is 2.57. The fourth-order valence-corrected chi connectivity index (χ4v) is 3.06. The van der Waals surface area contributed by atoms with Crippen molar-refractivity contribution in [2.45, 2.75) is 26.2 Å². The van der Waals surface area contributed by atoms with Gasteiger partial charge in [-0.05, 0) is 42.9 Å². The molecule has 1 N–H and O–H groups in total. The van der Waals surface area contributed by atoms with Crippen LogP contribution >= 0.6 is 0 Å². The summed E-state index contributed by atoms with van der Waals surface area (Å²) in [6.45, 7) is 3.56. The normalized spacial score (nSPS) is 16.8. The van der Waals surface area contributed by atoms with E-state index >= 15 is 0 Å². The Bertz CT molecular complexity index is 666. The van der Waals surface area contributed by atoms with Crippen LogP contribution in [0.3, 0.4) is 0 Å². The van der Waals surface area contributed by atoms with Crippen LogP contribution in [0.2, 0.25) is 0 Å². The van der Waals surface area contributed by atoms with Crippen molar-refractivity contribution in [2.24, 2.45) is 5.41 Å². The van der Waals surface area contributed by atoms with Crippen LogP contribution in [0.15, 0.2) is 46.9 Å². The lowest BCUT2D eigenvalue weighted by atomic mass is 9.77. The second-order valence-electron chi connectivity index (χ2n) is 6.34. The van der Waals surface area contributed by atoms with E-state index in [1.54, 1.807) is 17.0 Å². The van der Waals surface area contributed by atoms with E-state index in [-0.39, 0.29) is 23.7 Å². The molecule has 0 aliphatic carbocycles. The first kappa shape index (κ1) is 16.6.